The van der Waals surface area contributed by atoms with Crippen LogP contribution in [0.15, 0.2) is 10.9 Å². The quantitative estimate of drug-likeness (QED) is 0.850. The van der Waals surface area contributed by atoms with Crippen LogP contribution in [0.2, 0.25) is 0 Å². The summed E-state index contributed by atoms with van der Waals surface area (Å²) in [6.07, 6.45) is 6.82. The summed E-state index contributed by atoms with van der Waals surface area (Å²) in [6, 6.07) is 1.53. The molecule has 0 radical (unpaired) electrons. The molecule has 4 nitrogen and oxygen atoms in total. The molecule has 0 atom stereocenters. The Morgan fingerprint density at radius 3 is 2.37 bits per heavy atom. The lowest BCUT2D eigenvalue weighted by Crippen LogP contribution is -2.44. The molecular weight excluding hydrogens is 238 g/mol. The van der Waals surface area contributed by atoms with E-state index in [0.29, 0.717) is 12.5 Å². The van der Waals surface area contributed by atoms with Gasteiger partial charge in [-0.25, -0.2) is 4.98 Å². The van der Waals surface area contributed by atoms with Gasteiger partial charge in [0.05, 0.1) is 5.69 Å². The molecule has 0 aromatic carbocycles. The van der Waals surface area contributed by atoms with E-state index in [1.165, 1.54) is 38.2 Å². The van der Waals surface area contributed by atoms with E-state index in [9.17, 15) is 4.79 Å². The molecule has 19 heavy (non-hydrogen) atoms. The van der Waals surface area contributed by atoms with Gasteiger partial charge in [0.2, 0.25) is 0 Å². The Labute approximate surface area is 112 Å². The molecule has 1 heterocycles. The van der Waals surface area contributed by atoms with E-state index in [1.54, 1.807) is 0 Å². The van der Waals surface area contributed by atoms with Crippen molar-refractivity contribution >= 4 is 0 Å². The van der Waals surface area contributed by atoms with Gasteiger partial charge in [0.15, 0.2) is 0 Å². The molecule has 0 aliphatic heterocycles. The van der Waals surface area contributed by atoms with Crippen LogP contribution < -0.4 is 11.3 Å². The van der Waals surface area contributed by atoms with Crippen molar-refractivity contribution in [1.29, 1.82) is 0 Å². The Morgan fingerprint density at radius 1 is 1.16 bits per heavy atom. The van der Waals surface area contributed by atoms with Crippen LogP contribution >= 0.6 is 0 Å². The molecule has 0 saturated heterocycles. The number of rotatable bonds is 2. The third-order valence-electron chi connectivity index (χ3n) is 5.56. The van der Waals surface area contributed by atoms with Gasteiger partial charge in [-0.1, -0.05) is 0 Å². The van der Waals surface area contributed by atoms with Gasteiger partial charge in [-0.2, -0.15) is 0 Å². The summed E-state index contributed by atoms with van der Waals surface area (Å²) in [4.78, 5) is 19.4. The van der Waals surface area contributed by atoms with E-state index >= 15 is 0 Å². The van der Waals surface area contributed by atoms with Gasteiger partial charge in [-0.05, 0) is 55.8 Å². The highest BCUT2D eigenvalue weighted by Gasteiger charge is 2.49. The molecular formula is C15H21N3O. The second-order valence-electron chi connectivity index (χ2n) is 6.78. The Morgan fingerprint density at radius 2 is 1.79 bits per heavy atom. The average Bonchev–Trinajstić information content (AvgIpc) is 2.36. The third kappa shape index (κ3) is 1.84. The highest BCUT2D eigenvalue weighted by Crippen LogP contribution is 2.59. The fourth-order valence-electron chi connectivity index (χ4n) is 5.16. The number of hydrogen-bond donors (Lipinski definition) is 2. The first-order valence-corrected chi connectivity index (χ1v) is 7.53. The Hall–Kier alpha value is -1.16. The van der Waals surface area contributed by atoms with E-state index < -0.39 is 0 Å². The van der Waals surface area contributed by atoms with E-state index in [1.807, 2.05) is 0 Å². The van der Waals surface area contributed by atoms with Crippen molar-refractivity contribution in [2.75, 3.05) is 0 Å². The molecule has 0 spiro atoms. The van der Waals surface area contributed by atoms with Gasteiger partial charge >= 0.3 is 0 Å². The summed E-state index contributed by atoms with van der Waals surface area (Å²) in [7, 11) is 0. The molecule has 4 heteroatoms. The largest absolute Gasteiger partial charge is 0.325 e. The minimum absolute atomic E-state index is 0.0424. The number of H-pyrrole nitrogens is 1. The van der Waals surface area contributed by atoms with Crippen LogP contribution in [0, 0.1) is 23.7 Å². The number of nitrogens with two attached hydrogens (primary N) is 1. The van der Waals surface area contributed by atoms with Crippen LogP contribution in [0.4, 0.5) is 0 Å². The minimum Gasteiger partial charge on any atom is -0.325 e. The summed E-state index contributed by atoms with van der Waals surface area (Å²) in [5.74, 6) is 4.78. The van der Waals surface area contributed by atoms with Crippen LogP contribution in [0.3, 0.4) is 0 Å². The van der Waals surface area contributed by atoms with Gasteiger partial charge in [0, 0.05) is 18.5 Å². The van der Waals surface area contributed by atoms with Crippen molar-refractivity contribution in [3.05, 3.63) is 27.9 Å². The normalized spacial score (nSPS) is 39.7. The van der Waals surface area contributed by atoms with Crippen molar-refractivity contribution in [3.63, 3.8) is 0 Å². The lowest BCUT2D eigenvalue weighted by molar-refractivity contribution is -0.00579. The fourth-order valence-corrected chi connectivity index (χ4v) is 5.16. The predicted molar refractivity (Wildman–Crippen MR) is 72.5 cm³/mol. The first-order chi connectivity index (χ1) is 9.22. The zero-order valence-corrected chi connectivity index (χ0v) is 11.1. The number of nitrogens with one attached hydrogen (secondary N) is 1. The molecule has 4 bridgehead atoms. The van der Waals surface area contributed by atoms with Crippen LogP contribution in [-0.2, 0) is 6.54 Å². The molecule has 0 unspecified atom stereocenters. The van der Waals surface area contributed by atoms with Gasteiger partial charge in [0.1, 0.15) is 5.82 Å². The lowest BCUT2D eigenvalue weighted by atomic mass is 9.51. The van der Waals surface area contributed by atoms with Crippen molar-refractivity contribution in [1.82, 2.24) is 9.97 Å². The molecule has 4 fully saturated rings. The van der Waals surface area contributed by atoms with Crippen molar-refractivity contribution in [2.24, 2.45) is 29.4 Å². The number of nitrogens with zero attached hydrogens (tertiary/aromatic N) is 1. The topological polar surface area (TPSA) is 71.8 Å². The van der Waals surface area contributed by atoms with Crippen LogP contribution in [0.25, 0.3) is 0 Å². The van der Waals surface area contributed by atoms with E-state index in [2.05, 4.69) is 9.97 Å². The number of aromatic amines is 1. The second-order valence-corrected chi connectivity index (χ2v) is 6.78. The van der Waals surface area contributed by atoms with Crippen molar-refractivity contribution < 1.29 is 0 Å². The molecule has 0 amide bonds. The van der Waals surface area contributed by atoms with Crippen LogP contribution in [0.5, 0.6) is 0 Å². The van der Waals surface area contributed by atoms with Crippen LogP contribution in [-0.4, -0.2) is 9.97 Å². The Balaban J connectivity index is 1.72. The molecule has 4 aliphatic rings. The highest BCUT2D eigenvalue weighted by molar-refractivity contribution is 5.13. The Bertz CT molecular complexity index is 523. The SMILES string of the molecule is NCc1cc(=O)[nH]c(C2C3CC4CC(C3)CC2C4)n1. The summed E-state index contributed by atoms with van der Waals surface area (Å²) in [5.41, 5.74) is 6.33. The monoisotopic (exact) mass is 259 g/mol. The van der Waals surface area contributed by atoms with E-state index in [0.717, 1.165) is 35.2 Å². The molecule has 4 saturated carbocycles. The zero-order chi connectivity index (χ0) is 13.0. The van der Waals surface area contributed by atoms with Gasteiger partial charge in [0.25, 0.3) is 5.56 Å². The summed E-state index contributed by atoms with van der Waals surface area (Å²) >= 11 is 0. The number of hydrogen-bond acceptors (Lipinski definition) is 3. The molecule has 5 rings (SSSR count). The maximum absolute atomic E-state index is 11.8. The van der Waals surface area contributed by atoms with E-state index in [-0.39, 0.29) is 5.56 Å². The van der Waals surface area contributed by atoms with E-state index in [4.69, 9.17) is 5.73 Å². The van der Waals surface area contributed by atoms with Crippen molar-refractivity contribution in [3.8, 4) is 0 Å². The second kappa shape index (κ2) is 4.17. The Kier molecular flexibility index (Phi) is 2.56. The molecule has 1 aromatic heterocycles. The standard InChI is InChI=1S/C15H21N3O/c16-7-12-6-13(19)18-15(17-12)14-10-2-8-1-9(4-10)5-11(14)3-8/h6,8-11,14H,1-5,7,16H2,(H,17,18,19). The van der Waals surface area contributed by atoms with Crippen LogP contribution in [0.1, 0.15) is 49.5 Å². The first-order valence-electron chi connectivity index (χ1n) is 7.53. The van der Waals surface area contributed by atoms with Crippen molar-refractivity contribution in [2.45, 2.75) is 44.6 Å². The van der Waals surface area contributed by atoms with Gasteiger partial charge < -0.3 is 10.7 Å². The number of aromatic nitrogens is 2. The predicted octanol–water partition coefficient (Wildman–Crippen LogP) is 1.77. The highest BCUT2D eigenvalue weighted by atomic mass is 16.1. The van der Waals surface area contributed by atoms with Gasteiger partial charge in [-0.3, -0.25) is 4.79 Å². The fraction of sp³-hybridized carbons (Fsp3) is 0.733. The summed E-state index contributed by atoms with van der Waals surface area (Å²) in [5, 5.41) is 0. The molecule has 3 N–H and O–H groups in total. The maximum atomic E-state index is 11.8. The summed E-state index contributed by atoms with van der Waals surface area (Å²) in [6.45, 7) is 0.351. The zero-order valence-electron chi connectivity index (χ0n) is 11.1. The maximum Gasteiger partial charge on any atom is 0.251 e. The first kappa shape index (κ1) is 11.6. The average molecular weight is 259 g/mol. The summed E-state index contributed by atoms with van der Waals surface area (Å²) < 4.78 is 0. The molecule has 4 aliphatic carbocycles. The lowest BCUT2D eigenvalue weighted by Gasteiger charge is -2.54. The molecule has 102 valence electrons. The third-order valence-corrected chi connectivity index (χ3v) is 5.56. The molecule has 1 aromatic rings. The van der Waals surface area contributed by atoms with Gasteiger partial charge in [-0.15, -0.1) is 0 Å². The smallest absolute Gasteiger partial charge is 0.251 e. The minimum atomic E-state index is -0.0424.